The van der Waals surface area contributed by atoms with E-state index in [0.29, 0.717) is 31.1 Å². The first-order chi connectivity index (χ1) is 10.9. The summed E-state index contributed by atoms with van der Waals surface area (Å²) in [6.45, 7) is 5.54. The van der Waals surface area contributed by atoms with E-state index in [-0.39, 0.29) is 17.4 Å². The lowest BCUT2D eigenvalue weighted by atomic mass is 9.88. The van der Waals surface area contributed by atoms with Crippen LogP contribution in [0.3, 0.4) is 0 Å². The maximum absolute atomic E-state index is 12.7. The van der Waals surface area contributed by atoms with Crippen LogP contribution in [0.15, 0.2) is 29.2 Å². The van der Waals surface area contributed by atoms with Crippen LogP contribution in [0.5, 0.6) is 0 Å². The molecule has 0 amide bonds. The van der Waals surface area contributed by atoms with Gasteiger partial charge in [-0.1, -0.05) is 6.92 Å². The van der Waals surface area contributed by atoms with Crippen molar-refractivity contribution in [3.8, 4) is 0 Å². The van der Waals surface area contributed by atoms with Gasteiger partial charge in [0.25, 0.3) is 0 Å². The highest BCUT2D eigenvalue weighted by atomic mass is 32.2. The number of hydrogen-bond acceptors (Lipinski definition) is 5. The van der Waals surface area contributed by atoms with Gasteiger partial charge in [-0.25, -0.2) is 13.2 Å². The van der Waals surface area contributed by atoms with Crippen LogP contribution in [0.1, 0.15) is 30.6 Å². The standard InChI is InChI=1S/C16H24N2O4S/c1-3-22-16(19)13-4-6-15(7-5-13)23(20,21)18-9-8-12(2)14(10-17)11-18/h4-7,12,14H,3,8-11,17H2,1-2H3. The molecule has 1 aromatic rings. The van der Waals surface area contributed by atoms with E-state index in [0.717, 1.165) is 6.42 Å². The SMILES string of the molecule is CCOC(=O)c1ccc(S(=O)(=O)N2CCC(C)C(CN)C2)cc1. The molecule has 0 aromatic heterocycles. The molecule has 1 aromatic carbocycles. The highest BCUT2D eigenvalue weighted by molar-refractivity contribution is 7.89. The third kappa shape index (κ3) is 3.91. The minimum absolute atomic E-state index is 0.178. The molecule has 0 aliphatic carbocycles. The fraction of sp³-hybridized carbons (Fsp3) is 0.562. The van der Waals surface area contributed by atoms with E-state index >= 15 is 0 Å². The molecular weight excluding hydrogens is 316 g/mol. The summed E-state index contributed by atoms with van der Waals surface area (Å²) in [6.07, 6.45) is 0.808. The van der Waals surface area contributed by atoms with Gasteiger partial charge >= 0.3 is 5.97 Å². The van der Waals surface area contributed by atoms with Crippen molar-refractivity contribution in [1.29, 1.82) is 0 Å². The zero-order valence-corrected chi connectivity index (χ0v) is 14.4. The van der Waals surface area contributed by atoms with E-state index in [1.807, 2.05) is 0 Å². The number of carbonyl (C=O) groups is 1. The molecule has 0 saturated carbocycles. The van der Waals surface area contributed by atoms with E-state index in [2.05, 4.69) is 6.92 Å². The smallest absolute Gasteiger partial charge is 0.338 e. The summed E-state index contributed by atoms with van der Waals surface area (Å²) in [6, 6.07) is 5.88. The van der Waals surface area contributed by atoms with Crippen LogP contribution >= 0.6 is 0 Å². The Morgan fingerprint density at radius 1 is 1.35 bits per heavy atom. The molecule has 0 bridgehead atoms. The van der Waals surface area contributed by atoms with Crippen molar-refractivity contribution >= 4 is 16.0 Å². The van der Waals surface area contributed by atoms with Crippen molar-refractivity contribution in [2.45, 2.75) is 25.2 Å². The third-order valence-corrected chi connectivity index (χ3v) is 6.26. The predicted octanol–water partition coefficient (Wildman–Crippen LogP) is 1.47. The topological polar surface area (TPSA) is 89.7 Å². The van der Waals surface area contributed by atoms with Crippen molar-refractivity contribution in [3.05, 3.63) is 29.8 Å². The molecule has 2 unspecified atom stereocenters. The molecular formula is C16H24N2O4S. The maximum Gasteiger partial charge on any atom is 0.338 e. The molecule has 2 N–H and O–H groups in total. The van der Waals surface area contributed by atoms with E-state index in [9.17, 15) is 13.2 Å². The second kappa shape index (κ2) is 7.42. The number of rotatable bonds is 5. The number of hydrogen-bond donors (Lipinski definition) is 1. The minimum Gasteiger partial charge on any atom is -0.462 e. The first-order valence-corrected chi connectivity index (χ1v) is 9.31. The summed E-state index contributed by atoms with van der Waals surface area (Å²) < 4.78 is 31.8. The third-order valence-electron chi connectivity index (χ3n) is 4.38. The van der Waals surface area contributed by atoms with Crippen molar-refractivity contribution in [2.24, 2.45) is 17.6 Å². The zero-order chi connectivity index (χ0) is 17.0. The predicted molar refractivity (Wildman–Crippen MR) is 87.5 cm³/mol. The van der Waals surface area contributed by atoms with Gasteiger partial charge in [-0.2, -0.15) is 4.31 Å². The van der Waals surface area contributed by atoms with Gasteiger partial charge in [-0.15, -0.1) is 0 Å². The minimum atomic E-state index is -3.56. The van der Waals surface area contributed by atoms with Gasteiger partial charge in [0.1, 0.15) is 0 Å². The lowest BCUT2D eigenvalue weighted by molar-refractivity contribution is 0.0526. The highest BCUT2D eigenvalue weighted by Crippen LogP contribution is 2.27. The monoisotopic (exact) mass is 340 g/mol. The largest absolute Gasteiger partial charge is 0.462 e. The van der Waals surface area contributed by atoms with Crippen LogP contribution in [0.2, 0.25) is 0 Å². The zero-order valence-electron chi connectivity index (χ0n) is 13.6. The Bertz CT molecular complexity index is 643. The Labute approximate surface area is 137 Å². The fourth-order valence-corrected chi connectivity index (χ4v) is 4.28. The number of benzene rings is 1. The molecule has 1 aliphatic heterocycles. The normalized spacial score (nSPS) is 22.7. The Morgan fingerprint density at radius 2 is 2.00 bits per heavy atom. The summed E-state index contributed by atoms with van der Waals surface area (Å²) in [5.41, 5.74) is 6.09. The molecule has 0 radical (unpaired) electrons. The first kappa shape index (κ1) is 17.9. The van der Waals surface area contributed by atoms with Crippen LogP contribution in [-0.2, 0) is 14.8 Å². The Balaban J connectivity index is 2.18. The second-order valence-corrected chi connectivity index (χ2v) is 7.81. The molecule has 0 spiro atoms. The van der Waals surface area contributed by atoms with Crippen LogP contribution in [0.4, 0.5) is 0 Å². The van der Waals surface area contributed by atoms with Crippen molar-refractivity contribution < 1.29 is 17.9 Å². The Hall–Kier alpha value is -1.44. The number of nitrogens with zero attached hydrogens (tertiary/aromatic N) is 1. The maximum atomic E-state index is 12.7. The van der Waals surface area contributed by atoms with Gasteiger partial charge < -0.3 is 10.5 Å². The van der Waals surface area contributed by atoms with Crippen LogP contribution in [0.25, 0.3) is 0 Å². The molecule has 1 heterocycles. The van der Waals surface area contributed by atoms with E-state index in [1.165, 1.54) is 28.6 Å². The molecule has 7 heteroatoms. The number of nitrogens with two attached hydrogens (primary N) is 1. The Kier molecular flexibility index (Phi) is 5.78. The van der Waals surface area contributed by atoms with E-state index in [1.54, 1.807) is 6.92 Å². The number of carbonyl (C=O) groups excluding carboxylic acids is 1. The molecule has 1 aliphatic rings. The number of esters is 1. The number of ether oxygens (including phenoxy) is 1. The molecule has 128 valence electrons. The average Bonchev–Trinajstić information content (AvgIpc) is 2.55. The first-order valence-electron chi connectivity index (χ1n) is 7.87. The molecule has 1 fully saturated rings. The van der Waals surface area contributed by atoms with Gasteiger partial charge in [0.05, 0.1) is 17.1 Å². The van der Waals surface area contributed by atoms with Crippen LogP contribution in [0, 0.1) is 11.8 Å². The summed E-state index contributed by atoms with van der Waals surface area (Å²) in [7, 11) is -3.56. The van der Waals surface area contributed by atoms with Crippen molar-refractivity contribution in [2.75, 3.05) is 26.2 Å². The second-order valence-electron chi connectivity index (χ2n) is 5.87. The lowest BCUT2D eigenvalue weighted by Crippen LogP contribution is -2.45. The van der Waals surface area contributed by atoms with Gasteiger partial charge in [-0.3, -0.25) is 0 Å². The van der Waals surface area contributed by atoms with Crippen LogP contribution in [-0.4, -0.2) is 44.9 Å². The summed E-state index contributed by atoms with van der Waals surface area (Å²) in [5.74, 6) is 0.154. The van der Waals surface area contributed by atoms with Gasteiger partial charge in [0.15, 0.2) is 0 Å². The number of piperidine rings is 1. The Morgan fingerprint density at radius 3 is 2.57 bits per heavy atom. The molecule has 2 rings (SSSR count). The van der Waals surface area contributed by atoms with Crippen molar-refractivity contribution in [3.63, 3.8) is 0 Å². The quantitative estimate of drug-likeness (QED) is 0.820. The van der Waals surface area contributed by atoms with Gasteiger partial charge in [0, 0.05) is 13.1 Å². The summed E-state index contributed by atoms with van der Waals surface area (Å²) in [5, 5.41) is 0. The van der Waals surface area contributed by atoms with Crippen LogP contribution < -0.4 is 5.73 Å². The molecule has 1 saturated heterocycles. The van der Waals surface area contributed by atoms with E-state index in [4.69, 9.17) is 10.5 Å². The fourth-order valence-electron chi connectivity index (χ4n) is 2.77. The summed E-state index contributed by atoms with van der Waals surface area (Å²) in [4.78, 5) is 11.8. The lowest BCUT2D eigenvalue weighted by Gasteiger charge is -2.35. The van der Waals surface area contributed by atoms with E-state index < -0.39 is 16.0 Å². The molecule has 23 heavy (non-hydrogen) atoms. The molecule has 2 atom stereocenters. The van der Waals surface area contributed by atoms with Gasteiger partial charge in [0.2, 0.25) is 10.0 Å². The van der Waals surface area contributed by atoms with Crippen molar-refractivity contribution in [1.82, 2.24) is 4.31 Å². The summed E-state index contributed by atoms with van der Waals surface area (Å²) >= 11 is 0. The highest BCUT2D eigenvalue weighted by Gasteiger charge is 2.33. The number of sulfonamides is 1. The average molecular weight is 340 g/mol. The molecule has 6 nitrogen and oxygen atoms in total. The van der Waals surface area contributed by atoms with Gasteiger partial charge in [-0.05, 0) is 56.0 Å².